The van der Waals surface area contributed by atoms with E-state index in [9.17, 15) is 4.79 Å². The molecule has 4 nitrogen and oxygen atoms in total. The maximum Gasteiger partial charge on any atom is 0.186 e. The van der Waals surface area contributed by atoms with Crippen LogP contribution in [0.2, 0.25) is 0 Å². The van der Waals surface area contributed by atoms with Gasteiger partial charge in [0.05, 0.1) is 6.10 Å². The minimum absolute atomic E-state index is 0.161. The maximum absolute atomic E-state index is 11.8. The number of ether oxygens (including phenoxy) is 1. The zero-order valence-corrected chi connectivity index (χ0v) is 11.9. The third-order valence-corrected chi connectivity index (χ3v) is 3.67. The predicted molar refractivity (Wildman–Crippen MR) is 76.4 cm³/mol. The fourth-order valence-corrected chi connectivity index (χ4v) is 2.48. The molecule has 106 valence electrons. The topological polar surface area (TPSA) is 45.3 Å². The molecular weight excluding hydrogens is 240 g/mol. The van der Waals surface area contributed by atoms with Crippen LogP contribution in [0.5, 0.6) is 0 Å². The zero-order chi connectivity index (χ0) is 13.7. The van der Waals surface area contributed by atoms with Gasteiger partial charge < -0.3 is 9.72 Å². The number of H-pyrrole nitrogens is 1. The highest BCUT2D eigenvalue weighted by Crippen LogP contribution is 2.14. The molecule has 2 heterocycles. The lowest BCUT2D eigenvalue weighted by molar-refractivity contribution is 0.0513. The zero-order valence-electron chi connectivity index (χ0n) is 11.9. The van der Waals surface area contributed by atoms with E-state index in [1.807, 2.05) is 0 Å². The molecular formula is C15H24N2O2. The second-order valence-corrected chi connectivity index (χ2v) is 5.30. The van der Waals surface area contributed by atoms with Gasteiger partial charge in [-0.1, -0.05) is 6.92 Å². The van der Waals surface area contributed by atoms with Crippen LogP contribution in [0, 0.1) is 0 Å². The van der Waals surface area contributed by atoms with E-state index < -0.39 is 0 Å². The average Bonchev–Trinajstić information content (AvgIpc) is 2.43. The van der Waals surface area contributed by atoms with Crippen LogP contribution in [0.15, 0.2) is 17.1 Å². The van der Waals surface area contributed by atoms with Crippen LogP contribution in [0.1, 0.15) is 37.9 Å². The smallest absolute Gasteiger partial charge is 0.186 e. The largest absolute Gasteiger partial charge is 0.378 e. The predicted octanol–water partition coefficient (Wildman–Crippen LogP) is 1.94. The Morgan fingerprint density at radius 3 is 3.16 bits per heavy atom. The summed E-state index contributed by atoms with van der Waals surface area (Å²) in [5, 5.41) is 0. The van der Waals surface area contributed by atoms with E-state index in [2.05, 4.69) is 23.7 Å². The molecule has 0 aliphatic carbocycles. The van der Waals surface area contributed by atoms with Crippen LogP contribution in [0.25, 0.3) is 0 Å². The van der Waals surface area contributed by atoms with E-state index in [0.717, 1.165) is 56.8 Å². The van der Waals surface area contributed by atoms with Gasteiger partial charge in [-0.15, -0.1) is 0 Å². The molecule has 2 rings (SSSR count). The maximum atomic E-state index is 11.8. The van der Waals surface area contributed by atoms with Gasteiger partial charge in [-0.05, 0) is 19.8 Å². The van der Waals surface area contributed by atoms with Crippen LogP contribution < -0.4 is 5.43 Å². The highest BCUT2D eigenvalue weighted by Gasteiger charge is 2.18. The van der Waals surface area contributed by atoms with Crippen LogP contribution in [-0.2, 0) is 17.7 Å². The van der Waals surface area contributed by atoms with Crippen molar-refractivity contribution in [3.8, 4) is 0 Å². The SMILES string of the molecule is CCCOC(C)CCN1CCc2[nH]ccc(=O)c2C1. The standard InChI is InChI=1S/C15H24N2O2/c1-3-10-19-12(2)5-8-17-9-6-14-13(11-17)15(18)4-7-16-14/h4,7,12H,3,5-6,8-11H2,1-2H3,(H,16,18). The van der Waals surface area contributed by atoms with Gasteiger partial charge in [-0.25, -0.2) is 0 Å². The van der Waals surface area contributed by atoms with Crippen molar-refractivity contribution in [3.63, 3.8) is 0 Å². The van der Waals surface area contributed by atoms with Crippen molar-refractivity contribution in [3.05, 3.63) is 33.7 Å². The van der Waals surface area contributed by atoms with Crippen LogP contribution >= 0.6 is 0 Å². The Morgan fingerprint density at radius 1 is 1.53 bits per heavy atom. The summed E-state index contributed by atoms with van der Waals surface area (Å²) in [6.07, 6.45) is 5.08. The monoisotopic (exact) mass is 264 g/mol. The number of fused-ring (bicyclic) bond motifs is 1. The molecule has 4 heteroatoms. The number of pyridine rings is 1. The van der Waals surface area contributed by atoms with E-state index >= 15 is 0 Å². The number of rotatable bonds is 6. The molecule has 1 aliphatic heterocycles. The molecule has 0 saturated heterocycles. The molecule has 0 spiro atoms. The van der Waals surface area contributed by atoms with Gasteiger partial charge >= 0.3 is 0 Å². The van der Waals surface area contributed by atoms with Gasteiger partial charge in [0.2, 0.25) is 0 Å². The molecule has 1 aromatic rings. The van der Waals surface area contributed by atoms with Crippen LogP contribution in [0.3, 0.4) is 0 Å². The fraction of sp³-hybridized carbons (Fsp3) is 0.667. The minimum atomic E-state index is 0.161. The Morgan fingerprint density at radius 2 is 2.37 bits per heavy atom. The van der Waals surface area contributed by atoms with Crippen molar-refractivity contribution < 1.29 is 4.74 Å². The Labute approximate surface area is 114 Å². The number of nitrogens with one attached hydrogen (secondary N) is 1. The van der Waals surface area contributed by atoms with E-state index in [1.165, 1.54) is 0 Å². The molecule has 1 N–H and O–H groups in total. The van der Waals surface area contributed by atoms with E-state index in [4.69, 9.17) is 4.74 Å². The fourth-order valence-electron chi connectivity index (χ4n) is 2.48. The van der Waals surface area contributed by atoms with Crippen molar-refractivity contribution in [2.45, 2.75) is 45.8 Å². The lowest BCUT2D eigenvalue weighted by atomic mass is 10.0. The van der Waals surface area contributed by atoms with E-state index in [0.29, 0.717) is 6.10 Å². The molecule has 1 aromatic heterocycles. The van der Waals surface area contributed by atoms with Crippen molar-refractivity contribution in [2.24, 2.45) is 0 Å². The highest BCUT2D eigenvalue weighted by atomic mass is 16.5. The molecule has 1 atom stereocenters. The number of aromatic nitrogens is 1. The average molecular weight is 264 g/mol. The van der Waals surface area contributed by atoms with E-state index in [-0.39, 0.29) is 5.43 Å². The first-order chi connectivity index (χ1) is 9.20. The van der Waals surface area contributed by atoms with Crippen LogP contribution in [-0.4, -0.2) is 35.7 Å². The second-order valence-electron chi connectivity index (χ2n) is 5.30. The minimum Gasteiger partial charge on any atom is -0.378 e. The highest BCUT2D eigenvalue weighted by molar-refractivity contribution is 5.22. The van der Waals surface area contributed by atoms with Crippen molar-refractivity contribution >= 4 is 0 Å². The summed E-state index contributed by atoms with van der Waals surface area (Å²) in [5.74, 6) is 0. The number of nitrogens with zero attached hydrogens (tertiary/aromatic N) is 1. The first-order valence-corrected chi connectivity index (χ1v) is 7.24. The molecule has 0 amide bonds. The Hall–Kier alpha value is -1.13. The summed E-state index contributed by atoms with van der Waals surface area (Å²) in [4.78, 5) is 17.4. The van der Waals surface area contributed by atoms with Crippen LogP contribution in [0.4, 0.5) is 0 Å². The lowest BCUT2D eigenvalue weighted by Crippen LogP contribution is -2.36. The van der Waals surface area contributed by atoms with Crippen molar-refractivity contribution in [1.29, 1.82) is 0 Å². The molecule has 0 radical (unpaired) electrons. The summed E-state index contributed by atoms with van der Waals surface area (Å²) in [5.41, 5.74) is 2.21. The first kappa shape index (κ1) is 14.3. The Kier molecular flexibility index (Phi) is 5.16. The van der Waals surface area contributed by atoms with Gasteiger partial charge in [0.1, 0.15) is 0 Å². The van der Waals surface area contributed by atoms with Crippen molar-refractivity contribution in [2.75, 3.05) is 19.7 Å². The summed E-state index contributed by atoms with van der Waals surface area (Å²) >= 11 is 0. The van der Waals surface area contributed by atoms with Gasteiger partial charge in [0.15, 0.2) is 5.43 Å². The normalized spacial score (nSPS) is 17.2. The summed E-state index contributed by atoms with van der Waals surface area (Å²) in [6, 6.07) is 1.62. The molecule has 0 fully saturated rings. The van der Waals surface area contributed by atoms with Gasteiger partial charge in [0.25, 0.3) is 0 Å². The van der Waals surface area contributed by atoms with Gasteiger partial charge in [0, 0.05) is 56.2 Å². The van der Waals surface area contributed by atoms with Gasteiger partial charge in [-0.2, -0.15) is 0 Å². The Bertz CT molecular complexity index is 456. The molecule has 0 saturated carbocycles. The summed E-state index contributed by atoms with van der Waals surface area (Å²) in [7, 11) is 0. The lowest BCUT2D eigenvalue weighted by Gasteiger charge is -2.28. The third-order valence-electron chi connectivity index (χ3n) is 3.67. The molecule has 0 aromatic carbocycles. The summed E-state index contributed by atoms with van der Waals surface area (Å²) < 4.78 is 5.68. The quantitative estimate of drug-likeness (QED) is 0.854. The Balaban J connectivity index is 1.85. The van der Waals surface area contributed by atoms with E-state index in [1.54, 1.807) is 12.3 Å². The molecule has 19 heavy (non-hydrogen) atoms. The molecule has 1 aliphatic rings. The molecule has 1 unspecified atom stereocenters. The number of aromatic amines is 1. The number of hydrogen-bond donors (Lipinski definition) is 1. The summed E-state index contributed by atoms with van der Waals surface area (Å²) in [6.45, 7) is 7.88. The van der Waals surface area contributed by atoms with Gasteiger partial charge in [-0.3, -0.25) is 9.69 Å². The molecule has 0 bridgehead atoms. The third kappa shape index (κ3) is 3.91. The van der Waals surface area contributed by atoms with Crippen molar-refractivity contribution in [1.82, 2.24) is 9.88 Å². The number of hydrogen-bond acceptors (Lipinski definition) is 3. The second kappa shape index (κ2) is 6.87. The first-order valence-electron chi connectivity index (χ1n) is 7.24.